The predicted octanol–water partition coefficient (Wildman–Crippen LogP) is 3.04. The third kappa shape index (κ3) is 2.93. The molecule has 2 atom stereocenters. The van der Waals surface area contributed by atoms with E-state index in [1.54, 1.807) is 31.4 Å². The number of benzene rings is 2. The molecule has 96 valence electrons. The summed E-state index contributed by atoms with van der Waals surface area (Å²) in [6.07, 6.45) is -0.834. The van der Waals surface area contributed by atoms with E-state index in [1.165, 1.54) is 0 Å². The number of hydrogen-bond acceptors (Lipinski definition) is 3. The van der Waals surface area contributed by atoms with Gasteiger partial charge in [-0.25, -0.2) is 0 Å². The summed E-state index contributed by atoms with van der Waals surface area (Å²) >= 11 is 0. The second kappa shape index (κ2) is 6.03. The van der Waals surface area contributed by atoms with Crippen LogP contribution in [0.15, 0.2) is 54.6 Å². The van der Waals surface area contributed by atoms with Crippen LogP contribution in [-0.4, -0.2) is 12.2 Å². The molecule has 0 aromatic heterocycles. The molecule has 0 saturated heterocycles. The molecule has 0 bridgehead atoms. The highest BCUT2D eigenvalue weighted by Gasteiger charge is 2.22. The first-order chi connectivity index (χ1) is 9.26. The molecule has 0 aliphatic rings. The number of aliphatic hydroxyl groups excluding tert-OH is 1. The van der Waals surface area contributed by atoms with Crippen LogP contribution in [-0.2, 0) is 0 Å². The number of hydrogen-bond donors (Lipinski definition) is 1. The smallest absolute Gasteiger partial charge is 0.118 e. The van der Waals surface area contributed by atoms with Crippen molar-refractivity contribution in [3.63, 3.8) is 0 Å². The van der Waals surface area contributed by atoms with Gasteiger partial charge in [0.25, 0.3) is 0 Å². The maximum atomic E-state index is 10.3. The van der Waals surface area contributed by atoms with Crippen LogP contribution in [0.25, 0.3) is 0 Å². The van der Waals surface area contributed by atoms with Crippen LogP contribution in [0, 0.1) is 11.3 Å². The summed E-state index contributed by atoms with van der Waals surface area (Å²) in [4.78, 5) is 0. The number of nitriles is 1. The average molecular weight is 253 g/mol. The van der Waals surface area contributed by atoms with Crippen molar-refractivity contribution in [2.24, 2.45) is 0 Å². The first kappa shape index (κ1) is 13.1. The molecule has 2 aromatic rings. The molecular formula is C16H15NO2. The van der Waals surface area contributed by atoms with E-state index in [4.69, 9.17) is 4.74 Å². The summed E-state index contributed by atoms with van der Waals surface area (Å²) in [6.45, 7) is 0. The Kier molecular flexibility index (Phi) is 4.17. The number of ether oxygens (including phenoxy) is 1. The Morgan fingerprint density at radius 1 is 1.00 bits per heavy atom. The zero-order valence-corrected chi connectivity index (χ0v) is 10.7. The van der Waals surface area contributed by atoms with Crippen molar-refractivity contribution in [1.29, 1.82) is 5.26 Å². The normalized spacial score (nSPS) is 13.3. The molecule has 3 nitrogen and oxygen atoms in total. The summed E-state index contributed by atoms with van der Waals surface area (Å²) in [5.41, 5.74) is 1.52. The SMILES string of the molecule is COc1ccc([C@H](C#N)[C@@H](O)c2ccccc2)cc1. The van der Waals surface area contributed by atoms with Crippen molar-refractivity contribution in [3.05, 3.63) is 65.7 Å². The standard InChI is InChI=1S/C16H15NO2/c1-19-14-9-7-12(8-10-14)15(11-17)16(18)13-5-3-2-4-6-13/h2-10,15-16,18H,1H3/t15-,16-/m0/s1. The van der Waals surface area contributed by atoms with Gasteiger partial charge in [-0.3, -0.25) is 0 Å². The lowest BCUT2D eigenvalue weighted by molar-refractivity contribution is 0.164. The molecular weight excluding hydrogens is 238 g/mol. The van der Waals surface area contributed by atoms with Gasteiger partial charge in [0, 0.05) is 0 Å². The van der Waals surface area contributed by atoms with E-state index in [9.17, 15) is 10.4 Å². The first-order valence-electron chi connectivity index (χ1n) is 6.03. The highest BCUT2D eigenvalue weighted by atomic mass is 16.5. The third-order valence-electron chi connectivity index (χ3n) is 3.07. The lowest BCUT2D eigenvalue weighted by Gasteiger charge is -2.17. The lowest BCUT2D eigenvalue weighted by atomic mass is 9.90. The highest BCUT2D eigenvalue weighted by molar-refractivity contribution is 5.35. The number of methoxy groups -OCH3 is 1. The van der Waals surface area contributed by atoms with Crippen molar-refractivity contribution in [3.8, 4) is 11.8 Å². The molecule has 2 rings (SSSR count). The van der Waals surface area contributed by atoms with Gasteiger partial charge in [-0.05, 0) is 23.3 Å². The molecule has 0 heterocycles. The van der Waals surface area contributed by atoms with Crippen LogP contribution in [0.5, 0.6) is 5.75 Å². The third-order valence-corrected chi connectivity index (χ3v) is 3.07. The molecule has 0 aliphatic heterocycles. The van der Waals surface area contributed by atoms with Gasteiger partial charge in [0.15, 0.2) is 0 Å². The number of nitrogens with zero attached hydrogens (tertiary/aromatic N) is 1. The fourth-order valence-corrected chi connectivity index (χ4v) is 1.98. The van der Waals surface area contributed by atoms with Crippen LogP contribution in [0.3, 0.4) is 0 Å². The molecule has 0 radical (unpaired) electrons. The summed E-state index contributed by atoms with van der Waals surface area (Å²) in [7, 11) is 1.59. The van der Waals surface area contributed by atoms with Gasteiger partial charge in [-0.15, -0.1) is 0 Å². The maximum absolute atomic E-state index is 10.3. The minimum absolute atomic E-state index is 0.590. The van der Waals surface area contributed by atoms with Crippen molar-refractivity contribution >= 4 is 0 Å². The zero-order chi connectivity index (χ0) is 13.7. The van der Waals surface area contributed by atoms with Gasteiger partial charge in [0.05, 0.1) is 19.3 Å². The Balaban J connectivity index is 2.27. The zero-order valence-electron chi connectivity index (χ0n) is 10.7. The van der Waals surface area contributed by atoms with E-state index in [2.05, 4.69) is 6.07 Å². The number of rotatable bonds is 4. The van der Waals surface area contributed by atoms with E-state index in [1.807, 2.05) is 30.3 Å². The molecule has 0 aliphatic carbocycles. The van der Waals surface area contributed by atoms with Crippen molar-refractivity contribution < 1.29 is 9.84 Å². The summed E-state index contributed by atoms with van der Waals surface area (Å²) < 4.78 is 5.08. The van der Waals surface area contributed by atoms with Crippen LogP contribution >= 0.6 is 0 Å². The monoisotopic (exact) mass is 253 g/mol. The summed E-state index contributed by atoms with van der Waals surface area (Å²) in [6, 6.07) is 18.6. The molecule has 0 amide bonds. The maximum Gasteiger partial charge on any atom is 0.118 e. The Bertz CT molecular complexity index is 558. The Hall–Kier alpha value is -2.31. The predicted molar refractivity (Wildman–Crippen MR) is 72.7 cm³/mol. The van der Waals surface area contributed by atoms with Gasteiger partial charge in [-0.1, -0.05) is 42.5 Å². The molecule has 0 unspecified atom stereocenters. The van der Waals surface area contributed by atoms with Crippen LogP contribution < -0.4 is 4.74 Å². The first-order valence-corrected chi connectivity index (χ1v) is 6.03. The Morgan fingerprint density at radius 2 is 1.63 bits per heavy atom. The van der Waals surface area contributed by atoms with Crippen molar-refractivity contribution in [1.82, 2.24) is 0 Å². The van der Waals surface area contributed by atoms with Gasteiger partial charge in [0.1, 0.15) is 11.7 Å². The average Bonchev–Trinajstić information content (AvgIpc) is 2.49. The molecule has 2 aromatic carbocycles. The molecule has 0 saturated carbocycles. The van der Waals surface area contributed by atoms with Crippen LogP contribution in [0.4, 0.5) is 0 Å². The van der Waals surface area contributed by atoms with Crippen molar-refractivity contribution in [2.45, 2.75) is 12.0 Å². The lowest BCUT2D eigenvalue weighted by Crippen LogP contribution is -2.09. The number of aliphatic hydroxyl groups is 1. The highest BCUT2D eigenvalue weighted by Crippen LogP contribution is 2.31. The van der Waals surface area contributed by atoms with Crippen molar-refractivity contribution in [2.75, 3.05) is 7.11 Å². The van der Waals surface area contributed by atoms with E-state index < -0.39 is 12.0 Å². The summed E-state index contributed by atoms with van der Waals surface area (Å²) in [5, 5.41) is 19.6. The van der Waals surface area contributed by atoms with Gasteiger partial charge >= 0.3 is 0 Å². The fourth-order valence-electron chi connectivity index (χ4n) is 1.98. The molecule has 19 heavy (non-hydrogen) atoms. The quantitative estimate of drug-likeness (QED) is 0.911. The van der Waals surface area contributed by atoms with E-state index in [-0.39, 0.29) is 0 Å². The van der Waals surface area contributed by atoms with Gasteiger partial charge in [0.2, 0.25) is 0 Å². The molecule has 3 heteroatoms. The Morgan fingerprint density at radius 3 is 2.16 bits per heavy atom. The van der Waals surface area contributed by atoms with E-state index >= 15 is 0 Å². The molecule has 0 spiro atoms. The molecule has 1 N–H and O–H groups in total. The minimum Gasteiger partial charge on any atom is -0.497 e. The minimum atomic E-state index is -0.834. The van der Waals surface area contributed by atoms with E-state index in [0.717, 1.165) is 16.9 Å². The van der Waals surface area contributed by atoms with Crippen LogP contribution in [0.1, 0.15) is 23.1 Å². The topological polar surface area (TPSA) is 53.2 Å². The molecule has 0 fully saturated rings. The second-order valence-corrected chi connectivity index (χ2v) is 4.24. The largest absolute Gasteiger partial charge is 0.497 e. The van der Waals surface area contributed by atoms with Gasteiger partial charge < -0.3 is 9.84 Å². The van der Waals surface area contributed by atoms with Crippen LogP contribution in [0.2, 0.25) is 0 Å². The fraction of sp³-hybridized carbons (Fsp3) is 0.188. The van der Waals surface area contributed by atoms with Gasteiger partial charge in [-0.2, -0.15) is 5.26 Å². The van der Waals surface area contributed by atoms with E-state index in [0.29, 0.717) is 0 Å². The summed E-state index contributed by atoms with van der Waals surface area (Å²) in [5.74, 6) is 0.142. The Labute approximate surface area is 112 Å². The second-order valence-electron chi connectivity index (χ2n) is 4.24.